The van der Waals surface area contributed by atoms with Crippen LogP contribution in [0.25, 0.3) is 0 Å². The molecule has 1 atom stereocenters. The molecule has 0 aliphatic rings. The second kappa shape index (κ2) is 6.44. The van der Waals surface area contributed by atoms with E-state index in [0.29, 0.717) is 0 Å². The molecule has 0 amide bonds. The van der Waals surface area contributed by atoms with E-state index in [1.165, 1.54) is 18.2 Å². The number of ether oxygens (including phenoxy) is 1. The Kier molecular flexibility index (Phi) is 4.84. The van der Waals surface area contributed by atoms with Gasteiger partial charge in [0.15, 0.2) is 0 Å². The molecule has 2 aromatic carbocycles. The lowest BCUT2D eigenvalue weighted by molar-refractivity contribution is -0.0499. The van der Waals surface area contributed by atoms with E-state index in [4.69, 9.17) is 0 Å². The molecule has 0 spiro atoms. The van der Waals surface area contributed by atoms with Crippen LogP contribution in [0.3, 0.4) is 0 Å². The van der Waals surface area contributed by atoms with Crippen molar-refractivity contribution in [1.29, 1.82) is 0 Å². The van der Waals surface area contributed by atoms with Gasteiger partial charge in [-0.05, 0) is 45.8 Å². The van der Waals surface area contributed by atoms with Gasteiger partial charge in [0.2, 0.25) is 0 Å². The van der Waals surface area contributed by atoms with Crippen LogP contribution in [0, 0.1) is 11.6 Å². The molecule has 0 aromatic heterocycles. The molecule has 2 nitrogen and oxygen atoms in total. The van der Waals surface area contributed by atoms with E-state index < -0.39 is 29.9 Å². The zero-order chi connectivity index (χ0) is 15.6. The lowest BCUT2D eigenvalue weighted by Crippen LogP contribution is -2.07. The Balaban J connectivity index is 2.41. The van der Waals surface area contributed by atoms with Crippen LogP contribution in [0.5, 0.6) is 5.75 Å². The van der Waals surface area contributed by atoms with E-state index in [-0.39, 0.29) is 15.8 Å². The van der Waals surface area contributed by atoms with Gasteiger partial charge in [-0.15, -0.1) is 0 Å². The van der Waals surface area contributed by atoms with E-state index in [2.05, 4.69) is 20.7 Å². The van der Waals surface area contributed by atoms with Crippen LogP contribution in [0.15, 0.2) is 40.9 Å². The summed E-state index contributed by atoms with van der Waals surface area (Å²) in [7, 11) is 0. The van der Waals surface area contributed by atoms with Gasteiger partial charge in [-0.25, -0.2) is 8.78 Å². The van der Waals surface area contributed by atoms with Crippen molar-refractivity contribution in [2.24, 2.45) is 0 Å². The minimum Gasteiger partial charge on any atom is -0.435 e. The maximum atomic E-state index is 13.9. The fourth-order valence-corrected chi connectivity index (χ4v) is 2.17. The average Bonchev–Trinajstić information content (AvgIpc) is 2.43. The maximum absolute atomic E-state index is 13.9. The summed E-state index contributed by atoms with van der Waals surface area (Å²) in [5.74, 6) is -2.11. The Hall–Kier alpha value is -1.60. The van der Waals surface area contributed by atoms with Crippen molar-refractivity contribution in [1.82, 2.24) is 0 Å². The first-order chi connectivity index (χ1) is 9.90. The largest absolute Gasteiger partial charge is 0.435 e. The number of hydrogen-bond donors (Lipinski definition) is 1. The molecule has 1 unspecified atom stereocenters. The Bertz CT molecular complexity index is 649. The predicted octanol–water partition coefficient (Wildman–Crippen LogP) is 4.41. The maximum Gasteiger partial charge on any atom is 0.387 e. The molecule has 0 heterocycles. The molecule has 7 heteroatoms. The first-order valence-electron chi connectivity index (χ1n) is 5.76. The summed E-state index contributed by atoms with van der Waals surface area (Å²) < 4.78 is 56.1. The van der Waals surface area contributed by atoms with Gasteiger partial charge in [0.05, 0.1) is 10.0 Å². The van der Waals surface area contributed by atoms with E-state index in [9.17, 15) is 22.7 Å². The zero-order valence-electron chi connectivity index (χ0n) is 10.4. The summed E-state index contributed by atoms with van der Waals surface area (Å²) >= 11 is 2.89. The van der Waals surface area contributed by atoms with Gasteiger partial charge in [0.1, 0.15) is 23.5 Å². The highest BCUT2D eigenvalue weighted by molar-refractivity contribution is 9.10. The molecular weight excluding hydrogens is 356 g/mol. The number of rotatable bonds is 4. The van der Waals surface area contributed by atoms with E-state index in [0.717, 1.165) is 18.2 Å². The number of halogens is 5. The highest BCUT2D eigenvalue weighted by Crippen LogP contribution is 2.32. The zero-order valence-corrected chi connectivity index (χ0v) is 12.0. The molecule has 0 fully saturated rings. The molecule has 112 valence electrons. The molecule has 21 heavy (non-hydrogen) atoms. The lowest BCUT2D eigenvalue weighted by Gasteiger charge is -2.15. The van der Waals surface area contributed by atoms with Gasteiger partial charge in [-0.1, -0.05) is 12.1 Å². The Morgan fingerprint density at radius 2 is 1.81 bits per heavy atom. The molecule has 1 N–H and O–H groups in total. The van der Waals surface area contributed by atoms with E-state index in [1.54, 1.807) is 0 Å². The highest BCUT2D eigenvalue weighted by Gasteiger charge is 2.22. The SMILES string of the molecule is OC(c1cccc(OC(F)F)c1)c1c(F)ccc(Br)c1F. The number of hydrogen-bond acceptors (Lipinski definition) is 2. The molecule has 0 aliphatic heterocycles. The molecular formula is C14H9BrF4O2. The Labute approximate surface area is 126 Å². The number of aliphatic hydroxyl groups is 1. The summed E-state index contributed by atoms with van der Waals surface area (Å²) in [4.78, 5) is 0. The summed E-state index contributed by atoms with van der Waals surface area (Å²) in [5.41, 5.74) is -0.539. The minimum absolute atomic E-state index is 0.0158. The number of alkyl halides is 2. The Morgan fingerprint density at radius 1 is 1.10 bits per heavy atom. The van der Waals surface area contributed by atoms with Crippen molar-refractivity contribution in [3.05, 3.63) is 63.6 Å². The average molecular weight is 365 g/mol. The fraction of sp³-hybridized carbons (Fsp3) is 0.143. The van der Waals surface area contributed by atoms with E-state index >= 15 is 0 Å². The molecule has 0 bridgehead atoms. The molecule has 2 rings (SSSR count). The summed E-state index contributed by atoms with van der Waals surface area (Å²) in [6.45, 7) is -3.03. The smallest absolute Gasteiger partial charge is 0.387 e. The lowest BCUT2D eigenvalue weighted by atomic mass is 10.0. The van der Waals surface area contributed by atoms with Crippen LogP contribution in [-0.4, -0.2) is 11.7 Å². The van der Waals surface area contributed by atoms with Crippen molar-refractivity contribution >= 4 is 15.9 Å². The molecule has 2 aromatic rings. The van der Waals surface area contributed by atoms with E-state index in [1.807, 2.05) is 0 Å². The van der Waals surface area contributed by atoms with Crippen molar-refractivity contribution in [2.45, 2.75) is 12.7 Å². The third-order valence-corrected chi connectivity index (χ3v) is 3.36. The van der Waals surface area contributed by atoms with Gasteiger partial charge in [-0.2, -0.15) is 8.78 Å². The van der Waals surface area contributed by atoms with Gasteiger partial charge < -0.3 is 9.84 Å². The topological polar surface area (TPSA) is 29.5 Å². The summed E-state index contributed by atoms with van der Waals surface area (Å²) in [6, 6.07) is 7.18. The van der Waals surface area contributed by atoms with Gasteiger partial charge in [0, 0.05) is 0 Å². The minimum atomic E-state index is -3.03. The molecule has 0 saturated carbocycles. The van der Waals surface area contributed by atoms with Gasteiger partial charge in [-0.3, -0.25) is 0 Å². The Morgan fingerprint density at radius 3 is 2.48 bits per heavy atom. The summed E-state index contributed by atoms with van der Waals surface area (Å²) in [5, 5.41) is 10.1. The third kappa shape index (κ3) is 3.54. The normalized spacial score (nSPS) is 12.5. The quantitative estimate of drug-likeness (QED) is 0.643. The standard InChI is InChI=1S/C14H9BrF4O2/c15-9-4-5-10(16)11(12(9)17)13(20)7-2-1-3-8(6-7)21-14(18)19/h1-6,13-14,20H. The van der Waals surface area contributed by atoms with Crippen molar-refractivity contribution in [2.75, 3.05) is 0 Å². The molecule has 0 saturated heterocycles. The second-order valence-corrected chi connectivity index (χ2v) is 4.96. The van der Waals surface area contributed by atoms with Crippen LogP contribution in [0.1, 0.15) is 17.2 Å². The first-order valence-corrected chi connectivity index (χ1v) is 6.55. The van der Waals surface area contributed by atoms with Crippen LogP contribution in [0.4, 0.5) is 17.6 Å². The van der Waals surface area contributed by atoms with Crippen molar-refractivity contribution < 1.29 is 27.4 Å². The van der Waals surface area contributed by atoms with Crippen LogP contribution < -0.4 is 4.74 Å². The van der Waals surface area contributed by atoms with Gasteiger partial charge in [0.25, 0.3) is 0 Å². The number of aliphatic hydroxyl groups excluding tert-OH is 1. The second-order valence-electron chi connectivity index (χ2n) is 4.11. The van der Waals surface area contributed by atoms with Crippen molar-refractivity contribution in [3.63, 3.8) is 0 Å². The molecule has 0 radical (unpaired) electrons. The van der Waals surface area contributed by atoms with Gasteiger partial charge >= 0.3 is 6.61 Å². The monoisotopic (exact) mass is 364 g/mol. The highest BCUT2D eigenvalue weighted by atomic mass is 79.9. The molecule has 0 aliphatic carbocycles. The van der Waals surface area contributed by atoms with Crippen LogP contribution >= 0.6 is 15.9 Å². The van der Waals surface area contributed by atoms with Crippen molar-refractivity contribution in [3.8, 4) is 5.75 Å². The number of benzene rings is 2. The van der Waals surface area contributed by atoms with Crippen LogP contribution in [0.2, 0.25) is 0 Å². The third-order valence-electron chi connectivity index (χ3n) is 2.75. The van der Waals surface area contributed by atoms with Crippen LogP contribution in [-0.2, 0) is 0 Å². The first kappa shape index (κ1) is 15.8. The fourth-order valence-electron chi connectivity index (χ4n) is 1.82. The summed E-state index contributed by atoms with van der Waals surface area (Å²) in [6.07, 6.45) is -1.65. The predicted molar refractivity (Wildman–Crippen MR) is 71.2 cm³/mol.